The van der Waals surface area contributed by atoms with Crippen LogP contribution in [0.25, 0.3) is 0 Å². The van der Waals surface area contributed by atoms with Gasteiger partial charge in [0.05, 0.1) is 16.7 Å². The largest absolute Gasteiger partial charge is 0.304 e. The van der Waals surface area contributed by atoms with Crippen molar-refractivity contribution in [2.45, 2.75) is 38.8 Å². The van der Waals surface area contributed by atoms with Gasteiger partial charge in [0.2, 0.25) is 0 Å². The zero-order chi connectivity index (χ0) is 12.4. The van der Waals surface area contributed by atoms with Gasteiger partial charge in [-0.1, -0.05) is 6.07 Å². The molecule has 2 heterocycles. The molecule has 0 aliphatic heterocycles. The number of thiazole rings is 1. The van der Waals surface area contributed by atoms with Crippen molar-refractivity contribution in [3.63, 3.8) is 0 Å². The van der Waals surface area contributed by atoms with Gasteiger partial charge < -0.3 is 5.32 Å². The summed E-state index contributed by atoms with van der Waals surface area (Å²) in [5.74, 6) is 0. The van der Waals surface area contributed by atoms with Crippen molar-refractivity contribution in [2.24, 2.45) is 0 Å². The van der Waals surface area contributed by atoms with Gasteiger partial charge in [0.15, 0.2) is 0 Å². The van der Waals surface area contributed by atoms with E-state index in [0.29, 0.717) is 6.04 Å². The summed E-state index contributed by atoms with van der Waals surface area (Å²) in [5, 5.41) is 4.80. The zero-order valence-electron chi connectivity index (χ0n) is 10.5. The van der Waals surface area contributed by atoms with Gasteiger partial charge in [-0.15, -0.1) is 11.3 Å². The van der Waals surface area contributed by atoms with E-state index < -0.39 is 0 Å². The molecule has 1 aliphatic carbocycles. The van der Waals surface area contributed by atoms with Crippen LogP contribution in [0.4, 0.5) is 0 Å². The van der Waals surface area contributed by atoms with Gasteiger partial charge >= 0.3 is 0 Å². The molecular weight excluding hydrogens is 242 g/mol. The first-order chi connectivity index (χ1) is 8.83. The van der Waals surface area contributed by atoms with Crippen molar-refractivity contribution in [1.29, 1.82) is 0 Å². The summed E-state index contributed by atoms with van der Waals surface area (Å²) >= 11 is 1.85. The Morgan fingerprint density at radius 2 is 2.44 bits per heavy atom. The highest BCUT2D eigenvalue weighted by Gasteiger charge is 2.23. The number of fused-ring (bicyclic) bond motifs is 1. The summed E-state index contributed by atoms with van der Waals surface area (Å²) in [4.78, 5) is 10.3. The minimum atomic E-state index is 0.416. The van der Waals surface area contributed by atoms with Crippen molar-refractivity contribution in [3.05, 3.63) is 45.7 Å². The van der Waals surface area contributed by atoms with Crippen LogP contribution in [0.1, 0.15) is 40.0 Å². The van der Waals surface area contributed by atoms with Crippen LogP contribution >= 0.6 is 11.3 Å². The number of aromatic nitrogens is 2. The molecule has 1 unspecified atom stereocenters. The highest BCUT2D eigenvalue weighted by Crippen LogP contribution is 2.33. The van der Waals surface area contributed by atoms with Crippen molar-refractivity contribution in [3.8, 4) is 0 Å². The first-order valence-electron chi connectivity index (χ1n) is 6.41. The fourth-order valence-electron chi connectivity index (χ4n) is 2.48. The molecule has 0 fully saturated rings. The van der Waals surface area contributed by atoms with E-state index in [1.165, 1.54) is 40.4 Å². The Bertz CT molecular complexity index is 521. The molecule has 3 rings (SSSR count). The van der Waals surface area contributed by atoms with Crippen LogP contribution in [-0.4, -0.2) is 9.97 Å². The lowest BCUT2D eigenvalue weighted by atomic mass is 9.97. The average molecular weight is 259 g/mol. The highest BCUT2D eigenvalue weighted by atomic mass is 32.1. The van der Waals surface area contributed by atoms with Crippen LogP contribution in [0.15, 0.2) is 24.5 Å². The maximum Gasteiger partial charge on any atom is 0.0900 e. The quantitative estimate of drug-likeness (QED) is 0.920. The number of nitrogens with one attached hydrogen (secondary N) is 1. The smallest absolute Gasteiger partial charge is 0.0900 e. The van der Waals surface area contributed by atoms with E-state index in [1.54, 1.807) is 0 Å². The summed E-state index contributed by atoms with van der Waals surface area (Å²) in [6.07, 6.45) is 7.39. The zero-order valence-corrected chi connectivity index (χ0v) is 11.3. The van der Waals surface area contributed by atoms with E-state index in [4.69, 9.17) is 0 Å². The third-order valence-corrected chi connectivity index (χ3v) is 4.38. The second-order valence-electron chi connectivity index (χ2n) is 4.73. The van der Waals surface area contributed by atoms with Crippen LogP contribution in [0, 0.1) is 6.92 Å². The number of hydrogen-bond donors (Lipinski definition) is 1. The van der Waals surface area contributed by atoms with E-state index >= 15 is 0 Å². The normalized spacial score (nSPS) is 18.6. The summed E-state index contributed by atoms with van der Waals surface area (Å²) in [7, 11) is 0. The average Bonchev–Trinajstić information content (AvgIpc) is 2.78. The maximum atomic E-state index is 4.69. The van der Waals surface area contributed by atoms with E-state index in [-0.39, 0.29) is 0 Å². The molecule has 18 heavy (non-hydrogen) atoms. The Morgan fingerprint density at radius 1 is 1.50 bits per heavy atom. The number of hydrogen-bond acceptors (Lipinski definition) is 4. The van der Waals surface area contributed by atoms with Crippen LogP contribution < -0.4 is 5.32 Å². The van der Waals surface area contributed by atoms with Gasteiger partial charge in [-0.05, 0) is 37.8 Å². The summed E-state index contributed by atoms with van der Waals surface area (Å²) < 4.78 is 0. The van der Waals surface area contributed by atoms with Gasteiger partial charge in [-0.25, -0.2) is 4.98 Å². The second-order valence-corrected chi connectivity index (χ2v) is 6.02. The summed E-state index contributed by atoms with van der Waals surface area (Å²) in [5.41, 5.74) is 2.52. The molecule has 0 spiro atoms. The third kappa shape index (κ3) is 2.44. The Morgan fingerprint density at radius 3 is 3.28 bits per heavy atom. The molecule has 0 radical (unpaired) electrons. The molecule has 1 atom stereocenters. The topological polar surface area (TPSA) is 37.8 Å². The van der Waals surface area contributed by atoms with Gasteiger partial charge in [0.25, 0.3) is 0 Å². The molecule has 2 aromatic heterocycles. The van der Waals surface area contributed by atoms with E-state index in [0.717, 1.165) is 6.54 Å². The van der Waals surface area contributed by atoms with Crippen molar-refractivity contribution >= 4 is 11.3 Å². The predicted octanol–water partition coefficient (Wildman–Crippen LogP) is 3.01. The monoisotopic (exact) mass is 259 g/mol. The Kier molecular flexibility index (Phi) is 3.39. The molecule has 0 amide bonds. The third-order valence-electron chi connectivity index (χ3n) is 3.34. The molecule has 0 aromatic carbocycles. The molecule has 94 valence electrons. The molecule has 4 heteroatoms. The number of aryl methyl sites for hydroxylation is 2. The Hall–Kier alpha value is -1.26. The lowest BCUT2D eigenvalue weighted by Gasteiger charge is -2.22. The molecule has 1 N–H and O–H groups in total. The fraction of sp³-hybridized carbons (Fsp3) is 0.429. The Labute approximate surface area is 111 Å². The molecule has 0 saturated carbocycles. The van der Waals surface area contributed by atoms with Gasteiger partial charge in [0.1, 0.15) is 0 Å². The van der Waals surface area contributed by atoms with Gasteiger partial charge in [0, 0.05) is 23.8 Å². The molecule has 1 aliphatic rings. The highest BCUT2D eigenvalue weighted by molar-refractivity contribution is 7.11. The minimum absolute atomic E-state index is 0.416. The summed E-state index contributed by atoms with van der Waals surface area (Å²) in [6, 6.07) is 4.51. The van der Waals surface area contributed by atoms with Crippen LogP contribution in [0.3, 0.4) is 0 Å². The fourth-order valence-corrected chi connectivity index (χ4v) is 3.52. The molecule has 0 saturated heterocycles. The first kappa shape index (κ1) is 11.8. The number of nitrogens with zero attached hydrogens (tertiary/aromatic N) is 2. The van der Waals surface area contributed by atoms with E-state index in [9.17, 15) is 0 Å². The molecule has 3 nitrogen and oxygen atoms in total. The second kappa shape index (κ2) is 5.16. The van der Waals surface area contributed by atoms with Crippen molar-refractivity contribution in [1.82, 2.24) is 15.3 Å². The number of pyridine rings is 1. The van der Waals surface area contributed by atoms with Crippen molar-refractivity contribution < 1.29 is 0 Å². The lowest BCUT2D eigenvalue weighted by Crippen LogP contribution is -2.24. The SMILES string of the molecule is Cc1nc2c(s1)CCCC2NCc1cccnc1. The van der Waals surface area contributed by atoms with Crippen molar-refractivity contribution in [2.75, 3.05) is 0 Å². The number of rotatable bonds is 3. The first-order valence-corrected chi connectivity index (χ1v) is 7.23. The van der Waals surface area contributed by atoms with E-state index in [1.807, 2.05) is 29.8 Å². The Balaban J connectivity index is 1.71. The van der Waals surface area contributed by atoms with Crippen LogP contribution in [-0.2, 0) is 13.0 Å². The maximum absolute atomic E-state index is 4.69. The standard InChI is InChI=1S/C14H17N3S/c1-10-17-14-12(5-2-6-13(14)18-10)16-9-11-4-3-7-15-8-11/h3-4,7-8,12,16H,2,5-6,9H2,1H3. The minimum Gasteiger partial charge on any atom is -0.304 e. The van der Waals surface area contributed by atoms with Crippen LogP contribution in [0.5, 0.6) is 0 Å². The molecule has 2 aromatic rings. The summed E-state index contributed by atoms with van der Waals surface area (Å²) in [6.45, 7) is 2.97. The van der Waals surface area contributed by atoms with E-state index in [2.05, 4.69) is 28.3 Å². The molecule has 0 bridgehead atoms. The van der Waals surface area contributed by atoms with Gasteiger partial charge in [-0.3, -0.25) is 4.98 Å². The van der Waals surface area contributed by atoms with Crippen LogP contribution in [0.2, 0.25) is 0 Å². The van der Waals surface area contributed by atoms with Gasteiger partial charge in [-0.2, -0.15) is 0 Å². The lowest BCUT2D eigenvalue weighted by molar-refractivity contribution is 0.452. The molecular formula is C14H17N3S. The predicted molar refractivity (Wildman–Crippen MR) is 73.6 cm³/mol.